The van der Waals surface area contributed by atoms with Crippen LogP contribution in [-0.4, -0.2) is 16.4 Å². The van der Waals surface area contributed by atoms with Gasteiger partial charge in [0.1, 0.15) is 0 Å². The van der Waals surface area contributed by atoms with Crippen molar-refractivity contribution in [1.29, 1.82) is 0 Å². The van der Waals surface area contributed by atoms with Crippen LogP contribution in [0.2, 0.25) is 0 Å². The van der Waals surface area contributed by atoms with Crippen molar-refractivity contribution in [1.82, 2.24) is 0 Å². The van der Waals surface area contributed by atoms with Crippen LogP contribution < -0.4 is 0 Å². The standard InChI is InChI=1S/CH5NOP/c1-2(3)4/h3H,1,4H2/q+1. The summed E-state index contributed by atoms with van der Waals surface area (Å²) in [5.74, 6) is 0. The van der Waals surface area contributed by atoms with E-state index in [4.69, 9.17) is 5.21 Å². The average molecular weight is 78.0 g/mol. The third-order valence-corrected chi connectivity index (χ3v) is 0. The molecular weight excluding hydrogens is 73.0 g/mol. The van der Waals surface area contributed by atoms with Gasteiger partial charge in [0.25, 0.3) is 0 Å². The topological polar surface area (TPSA) is 23.2 Å². The molecule has 0 aliphatic carbocycles. The molecular formula is CH5NOP+. The molecule has 0 aromatic carbocycles. The Morgan fingerprint density at radius 1 is 2.00 bits per heavy atom. The molecule has 1 N–H and O–H groups in total. The van der Waals surface area contributed by atoms with Gasteiger partial charge in [-0.2, -0.15) is 0 Å². The SMILES string of the molecule is C=[N+](O)P. The van der Waals surface area contributed by atoms with Crippen LogP contribution in [0.4, 0.5) is 0 Å². The Hall–Kier alpha value is -0.100. The van der Waals surface area contributed by atoms with E-state index in [2.05, 4.69) is 6.72 Å². The van der Waals surface area contributed by atoms with E-state index in [9.17, 15) is 0 Å². The number of nitrogens with zero attached hydrogens (tertiary/aromatic N) is 1. The minimum absolute atomic E-state index is 0.667. The van der Waals surface area contributed by atoms with Crippen molar-refractivity contribution in [2.45, 2.75) is 0 Å². The second-order valence-corrected chi connectivity index (χ2v) is 1.04. The van der Waals surface area contributed by atoms with E-state index in [0.29, 0.717) is 4.51 Å². The molecule has 0 aliphatic heterocycles. The summed E-state index contributed by atoms with van der Waals surface area (Å²) in [5.41, 5.74) is 0. The van der Waals surface area contributed by atoms with Crippen LogP contribution in [0, 0.1) is 0 Å². The average Bonchev–Trinajstić information content (AvgIpc) is 0.811. The quantitative estimate of drug-likeness (QED) is 0.185. The number of rotatable bonds is 0. The highest BCUT2D eigenvalue weighted by Crippen LogP contribution is 1.67. The maximum atomic E-state index is 7.74. The molecule has 0 bridgehead atoms. The van der Waals surface area contributed by atoms with Crippen molar-refractivity contribution in [2.75, 3.05) is 0 Å². The lowest BCUT2D eigenvalue weighted by Crippen LogP contribution is -1.75. The van der Waals surface area contributed by atoms with Gasteiger partial charge in [0.15, 0.2) is 6.72 Å². The van der Waals surface area contributed by atoms with Gasteiger partial charge in [0.2, 0.25) is 9.39 Å². The predicted molar refractivity (Wildman–Crippen MR) is 18.9 cm³/mol. The van der Waals surface area contributed by atoms with Crippen LogP contribution in [0.25, 0.3) is 0 Å². The van der Waals surface area contributed by atoms with Crippen LogP contribution in [0.1, 0.15) is 0 Å². The normalized spacial score (nSPS) is 6.25. The lowest BCUT2D eigenvalue weighted by atomic mass is 11.8. The van der Waals surface area contributed by atoms with E-state index in [-0.39, 0.29) is 0 Å². The van der Waals surface area contributed by atoms with Crippen molar-refractivity contribution >= 4 is 16.1 Å². The Balaban J connectivity index is 2.80. The Bertz CT molecular complexity index is 31.0. The minimum atomic E-state index is 0.667. The lowest BCUT2D eigenvalue weighted by molar-refractivity contribution is -0.642. The van der Waals surface area contributed by atoms with Crippen molar-refractivity contribution in [3.63, 3.8) is 0 Å². The summed E-state index contributed by atoms with van der Waals surface area (Å²) < 4.78 is 0.667. The van der Waals surface area contributed by atoms with E-state index < -0.39 is 0 Å². The first-order valence-electron chi connectivity index (χ1n) is 0.774. The fourth-order valence-corrected chi connectivity index (χ4v) is 0. The van der Waals surface area contributed by atoms with Gasteiger partial charge in [-0.3, -0.25) is 5.21 Å². The molecule has 0 aromatic heterocycles. The van der Waals surface area contributed by atoms with Crippen LogP contribution in [0.15, 0.2) is 0 Å². The molecule has 0 aliphatic rings. The highest BCUT2D eigenvalue weighted by Gasteiger charge is 1.59. The van der Waals surface area contributed by atoms with Gasteiger partial charge in [-0.05, 0) is 4.51 Å². The molecule has 1 atom stereocenters. The van der Waals surface area contributed by atoms with Crippen LogP contribution in [-0.2, 0) is 0 Å². The van der Waals surface area contributed by atoms with Gasteiger partial charge in [-0.15, -0.1) is 0 Å². The maximum Gasteiger partial charge on any atom is 0.209 e. The van der Waals surface area contributed by atoms with E-state index in [1.807, 2.05) is 9.39 Å². The molecule has 0 heterocycles. The van der Waals surface area contributed by atoms with Gasteiger partial charge in [0, 0.05) is 0 Å². The van der Waals surface area contributed by atoms with Crippen LogP contribution >= 0.6 is 9.39 Å². The molecule has 0 saturated heterocycles. The van der Waals surface area contributed by atoms with Crippen molar-refractivity contribution in [3.8, 4) is 0 Å². The largest absolute Gasteiger partial charge is 0.291 e. The molecule has 24 valence electrons. The third-order valence-electron chi connectivity index (χ3n) is 0. The molecule has 0 spiro atoms. The molecule has 4 heavy (non-hydrogen) atoms. The van der Waals surface area contributed by atoms with Crippen LogP contribution in [0.3, 0.4) is 0 Å². The second kappa shape index (κ2) is 1.24. The minimum Gasteiger partial charge on any atom is -0.291 e. The fraction of sp³-hybridized carbons (Fsp3) is 0. The summed E-state index contributed by atoms with van der Waals surface area (Å²) in [6.45, 7) is 2.99. The zero-order valence-electron chi connectivity index (χ0n) is 2.18. The van der Waals surface area contributed by atoms with Crippen LogP contribution in [0.5, 0.6) is 0 Å². The van der Waals surface area contributed by atoms with Crippen molar-refractivity contribution in [2.24, 2.45) is 0 Å². The highest BCUT2D eigenvalue weighted by molar-refractivity contribution is 7.08. The maximum absolute atomic E-state index is 7.74. The first kappa shape index (κ1) is 3.90. The van der Waals surface area contributed by atoms with Gasteiger partial charge in [-0.25, -0.2) is 0 Å². The zero-order chi connectivity index (χ0) is 3.58. The number of hydrogen-bond donors (Lipinski definition) is 1. The molecule has 2 nitrogen and oxygen atoms in total. The van der Waals surface area contributed by atoms with E-state index >= 15 is 0 Å². The summed E-state index contributed by atoms with van der Waals surface area (Å²) in [7, 11) is 1.94. The zero-order valence-corrected chi connectivity index (χ0v) is 3.33. The van der Waals surface area contributed by atoms with E-state index in [1.54, 1.807) is 0 Å². The highest BCUT2D eigenvalue weighted by atomic mass is 31.0. The molecule has 0 radical (unpaired) electrons. The van der Waals surface area contributed by atoms with E-state index in [1.165, 1.54) is 0 Å². The van der Waals surface area contributed by atoms with Gasteiger partial charge < -0.3 is 0 Å². The Kier molecular flexibility index (Phi) is 1.21. The summed E-state index contributed by atoms with van der Waals surface area (Å²) in [5, 5.41) is 7.74. The third kappa shape index (κ3) is 154. The summed E-state index contributed by atoms with van der Waals surface area (Å²) in [4.78, 5) is 0. The Labute approximate surface area is 27.0 Å². The lowest BCUT2D eigenvalue weighted by Gasteiger charge is -1.61. The molecule has 0 aromatic rings. The molecule has 0 rings (SSSR count). The predicted octanol–water partition coefficient (Wildman–Crippen LogP) is -0.121. The summed E-state index contributed by atoms with van der Waals surface area (Å²) >= 11 is 0. The van der Waals surface area contributed by atoms with Gasteiger partial charge >= 0.3 is 0 Å². The first-order valence-corrected chi connectivity index (χ1v) is 1.29. The monoisotopic (exact) mass is 78.0 g/mol. The van der Waals surface area contributed by atoms with Gasteiger partial charge in [0.05, 0.1) is 0 Å². The number of hydrogen-bond acceptors (Lipinski definition) is 1. The molecule has 0 amide bonds. The van der Waals surface area contributed by atoms with Gasteiger partial charge in [-0.1, -0.05) is 0 Å². The second-order valence-electron chi connectivity index (χ2n) is 0.439. The molecule has 0 fully saturated rings. The molecule has 3 heteroatoms. The van der Waals surface area contributed by atoms with Crippen molar-refractivity contribution in [3.05, 3.63) is 0 Å². The first-order chi connectivity index (χ1) is 1.73. The summed E-state index contributed by atoms with van der Waals surface area (Å²) in [6.07, 6.45) is 0. The summed E-state index contributed by atoms with van der Waals surface area (Å²) in [6, 6.07) is 0. The molecule has 0 saturated carbocycles. The van der Waals surface area contributed by atoms with Crippen molar-refractivity contribution < 1.29 is 9.72 Å². The molecule has 1 unspecified atom stereocenters. The Morgan fingerprint density at radius 2 is 2.00 bits per heavy atom. The van der Waals surface area contributed by atoms with E-state index in [0.717, 1.165) is 0 Å². The fourth-order valence-electron chi connectivity index (χ4n) is 0. The Morgan fingerprint density at radius 3 is 2.00 bits per heavy atom. The smallest absolute Gasteiger partial charge is 0.209 e.